The van der Waals surface area contributed by atoms with Crippen LogP contribution in [-0.2, 0) is 35.3 Å². The number of carbonyl (C=O) groups is 1. The van der Waals surface area contributed by atoms with E-state index in [-0.39, 0.29) is 16.6 Å². The Morgan fingerprint density at radius 3 is 1.65 bits per heavy atom. The number of nitrogens with zero attached hydrogens (tertiary/aromatic N) is 1. The highest BCUT2D eigenvalue weighted by Gasteiger charge is 2.47. The van der Waals surface area contributed by atoms with Crippen molar-refractivity contribution < 1.29 is 19.8 Å². The average molecular weight is 638 g/mol. The van der Waals surface area contributed by atoms with Crippen LogP contribution < -0.4 is 0 Å². The van der Waals surface area contributed by atoms with Crippen LogP contribution in [-0.4, -0.2) is 28.8 Å². The van der Waals surface area contributed by atoms with Crippen molar-refractivity contribution in [3.63, 3.8) is 0 Å². The average Bonchev–Trinajstić information content (AvgIpc) is 3.57. The van der Waals surface area contributed by atoms with Crippen LogP contribution in [0.4, 0.5) is 0 Å². The number of aromatic hydroxyl groups is 2. The van der Waals surface area contributed by atoms with Crippen LogP contribution in [0.5, 0.6) is 11.5 Å². The van der Waals surface area contributed by atoms with Gasteiger partial charge in [0.15, 0.2) is 5.78 Å². The summed E-state index contributed by atoms with van der Waals surface area (Å²) in [5.74, 6) is 0.919. The minimum Gasteiger partial charge on any atom is -0.508 e. The van der Waals surface area contributed by atoms with Crippen molar-refractivity contribution in [1.29, 1.82) is 0 Å². The van der Waals surface area contributed by atoms with Crippen molar-refractivity contribution in [2.45, 2.75) is 65.2 Å². The first-order valence-corrected chi connectivity index (χ1v) is 17.0. The van der Waals surface area contributed by atoms with Crippen LogP contribution >= 0.6 is 0 Å². The number of oxime groups is 1. The highest BCUT2D eigenvalue weighted by Crippen LogP contribution is 2.57. The number of carbonyl (C=O) groups excluding carboxylic acids is 1. The molecule has 0 aromatic heterocycles. The summed E-state index contributed by atoms with van der Waals surface area (Å²) in [4.78, 5) is 17.4. The lowest BCUT2D eigenvalue weighted by Gasteiger charge is -2.37. The molecule has 2 atom stereocenters. The van der Waals surface area contributed by atoms with Crippen molar-refractivity contribution in [3.05, 3.63) is 142 Å². The van der Waals surface area contributed by atoms with Crippen LogP contribution in [0.25, 0.3) is 11.1 Å². The predicted molar refractivity (Wildman–Crippen MR) is 192 cm³/mol. The topological polar surface area (TPSA) is 79.1 Å². The lowest BCUT2D eigenvalue weighted by Crippen LogP contribution is -2.30. The Hall–Kier alpha value is -4.90. The molecule has 4 aromatic carbocycles. The van der Waals surface area contributed by atoms with Crippen LogP contribution in [0.2, 0.25) is 0 Å². The molecule has 0 fully saturated rings. The van der Waals surface area contributed by atoms with Gasteiger partial charge in [-0.2, -0.15) is 0 Å². The number of Topliss-reactive ketones (excluding diaryl/α,β-unsaturated/α-hetero) is 1. The van der Waals surface area contributed by atoms with Crippen molar-refractivity contribution in [3.8, 4) is 11.5 Å². The summed E-state index contributed by atoms with van der Waals surface area (Å²) >= 11 is 0. The summed E-state index contributed by atoms with van der Waals surface area (Å²) in [6.07, 6.45) is 7.33. The van der Waals surface area contributed by atoms with E-state index < -0.39 is 0 Å². The Kier molecular flexibility index (Phi) is 8.32. The standard InChI is InChI=1S/C22H23NO2.C21H20O2/c1-15-20(23-25-2)10-11-22(13-16-6-4-3-5-7-16)14-17-12-18(24)8-9-19(17)21(15)22;1-14-19(23)9-10-21(12-15-5-3-2-4-6-15)13-16-11-17(22)7-8-18(16)20(14)21/h3-9,12,24H,10-11,13-14H2,1-2H3;2-8,11,22H,9-10,12-13H2,1H3/b23-20+;. The molecule has 0 radical (unpaired) electrons. The third kappa shape index (κ3) is 5.66. The van der Waals surface area contributed by atoms with E-state index >= 15 is 0 Å². The molecule has 4 aliphatic rings. The minimum absolute atomic E-state index is 0.00449. The maximum atomic E-state index is 12.3. The van der Waals surface area contributed by atoms with Gasteiger partial charge in [0.1, 0.15) is 18.6 Å². The molecule has 0 amide bonds. The quantitative estimate of drug-likeness (QED) is 0.214. The second-order valence-corrected chi connectivity index (χ2v) is 14.1. The molecule has 0 bridgehead atoms. The van der Waals surface area contributed by atoms with Gasteiger partial charge in [0.2, 0.25) is 0 Å². The van der Waals surface area contributed by atoms with E-state index in [1.807, 2.05) is 31.2 Å². The van der Waals surface area contributed by atoms with Gasteiger partial charge in [0.25, 0.3) is 0 Å². The van der Waals surface area contributed by atoms with Crippen molar-refractivity contribution in [2.24, 2.45) is 16.0 Å². The van der Waals surface area contributed by atoms with Crippen LogP contribution in [0.1, 0.15) is 72.9 Å². The molecule has 0 aliphatic heterocycles. The van der Waals surface area contributed by atoms with Gasteiger partial charge in [-0.15, -0.1) is 0 Å². The third-order valence-corrected chi connectivity index (χ3v) is 11.1. The van der Waals surface area contributed by atoms with Crippen LogP contribution in [0.15, 0.2) is 113 Å². The number of hydrogen-bond donors (Lipinski definition) is 2. The molecule has 2 N–H and O–H groups in total. The Bertz CT molecular complexity index is 1970. The second kappa shape index (κ2) is 12.6. The van der Waals surface area contributed by atoms with E-state index in [9.17, 15) is 15.0 Å². The zero-order valence-electron chi connectivity index (χ0n) is 28.1. The minimum atomic E-state index is -0.00449. The third-order valence-electron chi connectivity index (χ3n) is 11.1. The van der Waals surface area contributed by atoms with E-state index in [1.54, 1.807) is 19.2 Å². The van der Waals surface area contributed by atoms with Crippen LogP contribution in [0.3, 0.4) is 0 Å². The lowest BCUT2D eigenvalue weighted by atomic mass is 9.67. The zero-order valence-corrected chi connectivity index (χ0v) is 28.1. The molecule has 2 unspecified atom stereocenters. The molecule has 4 aliphatic carbocycles. The van der Waals surface area contributed by atoms with Crippen molar-refractivity contribution in [1.82, 2.24) is 0 Å². The molecule has 5 heteroatoms. The van der Waals surface area contributed by atoms with Crippen LogP contribution in [0, 0.1) is 10.8 Å². The van der Waals surface area contributed by atoms with Gasteiger partial charge in [-0.25, -0.2) is 0 Å². The number of phenols is 2. The maximum absolute atomic E-state index is 12.3. The summed E-state index contributed by atoms with van der Waals surface area (Å²) in [6.45, 7) is 4.13. The highest BCUT2D eigenvalue weighted by atomic mass is 16.6. The number of hydrogen-bond acceptors (Lipinski definition) is 5. The molecule has 8 rings (SSSR count). The fourth-order valence-electron chi connectivity index (χ4n) is 9.09. The Labute approximate surface area is 283 Å². The molecule has 0 heterocycles. The van der Waals surface area contributed by atoms with Gasteiger partial charge in [-0.05, 0) is 139 Å². The molecule has 0 saturated carbocycles. The lowest BCUT2D eigenvalue weighted by molar-refractivity contribution is -0.116. The van der Waals surface area contributed by atoms with Crippen molar-refractivity contribution >= 4 is 22.6 Å². The molecule has 5 nitrogen and oxygen atoms in total. The van der Waals surface area contributed by atoms with E-state index in [0.29, 0.717) is 17.9 Å². The highest BCUT2D eigenvalue weighted by molar-refractivity contribution is 6.09. The SMILES string of the molecule is CC1=C2c3ccc(O)cc3CC2(Cc2ccccc2)CCC1=O.CO/N=C1\CCC2(Cc3ccccc3)Cc3cc(O)ccc3C2=C1C. The number of ketones is 1. The molecule has 48 heavy (non-hydrogen) atoms. The van der Waals surface area contributed by atoms with Gasteiger partial charge in [-0.3, -0.25) is 4.79 Å². The maximum Gasteiger partial charge on any atom is 0.158 e. The monoisotopic (exact) mass is 637 g/mol. The van der Waals surface area contributed by atoms with E-state index in [0.717, 1.165) is 61.8 Å². The Morgan fingerprint density at radius 1 is 0.667 bits per heavy atom. The summed E-state index contributed by atoms with van der Waals surface area (Å²) in [7, 11) is 1.61. The Morgan fingerprint density at radius 2 is 1.15 bits per heavy atom. The van der Waals surface area contributed by atoms with E-state index in [4.69, 9.17) is 4.84 Å². The van der Waals surface area contributed by atoms with Gasteiger partial charge >= 0.3 is 0 Å². The molecule has 244 valence electrons. The molecule has 0 saturated heterocycles. The number of rotatable bonds is 5. The zero-order chi connectivity index (χ0) is 33.5. The number of fused-ring (bicyclic) bond motifs is 6. The van der Waals surface area contributed by atoms with Gasteiger partial charge in [0.05, 0.1) is 5.71 Å². The summed E-state index contributed by atoms with van der Waals surface area (Å²) in [5.41, 5.74) is 13.4. The molecular formula is C43H43NO4. The smallest absolute Gasteiger partial charge is 0.158 e. The van der Waals surface area contributed by atoms with Gasteiger partial charge < -0.3 is 15.1 Å². The summed E-state index contributed by atoms with van der Waals surface area (Å²) in [6, 6.07) is 32.6. The predicted octanol–water partition coefficient (Wildman–Crippen LogP) is 9.06. The first-order chi connectivity index (χ1) is 23.2. The van der Waals surface area contributed by atoms with E-state index in [2.05, 4.69) is 72.7 Å². The summed E-state index contributed by atoms with van der Waals surface area (Å²) < 4.78 is 0. The fourth-order valence-corrected chi connectivity index (χ4v) is 9.09. The Balaban J connectivity index is 0.000000152. The van der Waals surface area contributed by atoms with Gasteiger partial charge in [-0.1, -0.05) is 78.0 Å². The second-order valence-electron chi connectivity index (χ2n) is 14.1. The number of benzene rings is 4. The fraction of sp³-hybridized carbons (Fsp3) is 0.302. The molecular weight excluding hydrogens is 594 g/mol. The first kappa shape index (κ1) is 31.7. The summed E-state index contributed by atoms with van der Waals surface area (Å²) in [5, 5.41) is 24.0. The largest absolute Gasteiger partial charge is 0.508 e. The van der Waals surface area contributed by atoms with Crippen molar-refractivity contribution in [2.75, 3.05) is 7.11 Å². The van der Waals surface area contributed by atoms with Gasteiger partial charge in [0, 0.05) is 17.3 Å². The normalized spacial score (nSPS) is 23.2. The number of phenolic OH excluding ortho intramolecular Hbond substituents is 2. The number of allylic oxidation sites excluding steroid dienone is 4. The first-order valence-electron chi connectivity index (χ1n) is 17.0. The molecule has 4 aromatic rings. The molecule has 0 spiro atoms. The van der Waals surface area contributed by atoms with E-state index in [1.165, 1.54) is 44.5 Å².